The molecule has 2 aromatic carbocycles. The van der Waals surface area contributed by atoms with E-state index in [0.29, 0.717) is 31.5 Å². The number of nitrogens with one attached hydrogen (secondary N) is 2. The number of hydrogen-bond donors (Lipinski definition) is 3. The number of aromatic nitrogens is 3. The van der Waals surface area contributed by atoms with E-state index in [-0.39, 0.29) is 11.4 Å². The van der Waals surface area contributed by atoms with Gasteiger partial charge in [0.2, 0.25) is 0 Å². The van der Waals surface area contributed by atoms with Gasteiger partial charge in [0.15, 0.2) is 0 Å². The van der Waals surface area contributed by atoms with Gasteiger partial charge in [-0.3, -0.25) is 14.7 Å². The zero-order valence-corrected chi connectivity index (χ0v) is 18.1. The number of carbonyl (C=O) groups excluding carboxylic acids is 1. The van der Waals surface area contributed by atoms with Crippen molar-refractivity contribution in [2.45, 2.75) is 0 Å². The number of rotatable bonds is 4. The Bertz CT molecular complexity index is 1500. The van der Waals surface area contributed by atoms with E-state index in [1.54, 1.807) is 24.3 Å². The molecule has 0 saturated carbocycles. The quantitative estimate of drug-likeness (QED) is 0.352. The standard InChI is InChI=1S/C23H16ClN5O2S/c24-14-8-6-13(7-9-14)17-11-10-16-20(25)21(32-23(16)26-17)22(31)27-18-12-19(30)29(28-18)15-4-2-1-3-5-15/h1-12,28H,25H2,(H,27,31). The summed E-state index contributed by atoms with van der Waals surface area (Å²) in [6.07, 6.45) is 0. The van der Waals surface area contributed by atoms with Crippen LogP contribution in [-0.4, -0.2) is 20.7 Å². The lowest BCUT2D eigenvalue weighted by Crippen LogP contribution is -2.13. The Balaban J connectivity index is 1.44. The first-order valence-electron chi connectivity index (χ1n) is 9.63. The lowest BCUT2D eigenvalue weighted by Gasteiger charge is -2.03. The third-order valence-corrected chi connectivity index (χ3v) is 6.29. The Kier molecular flexibility index (Phi) is 5.01. The number of fused-ring (bicyclic) bond motifs is 1. The molecule has 158 valence electrons. The highest BCUT2D eigenvalue weighted by Gasteiger charge is 2.19. The number of pyridine rings is 1. The minimum Gasteiger partial charge on any atom is -0.397 e. The number of hydrogen-bond acceptors (Lipinski definition) is 5. The molecule has 0 bridgehead atoms. The summed E-state index contributed by atoms with van der Waals surface area (Å²) in [6, 6.07) is 21.5. The van der Waals surface area contributed by atoms with Gasteiger partial charge in [0.05, 0.1) is 17.1 Å². The van der Waals surface area contributed by atoms with Crippen LogP contribution in [-0.2, 0) is 0 Å². The van der Waals surface area contributed by atoms with Crippen LogP contribution in [0.4, 0.5) is 11.5 Å². The number of nitrogen functional groups attached to an aromatic ring is 1. The van der Waals surface area contributed by atoms with Crippen LogP contribution in [0.1, 0.15) is 9.67 Å². The van der Waals surface area contributed by atoms with E-state index < -0.39 is 5.91 Å². The fourth-order valence-electron chi connectivity index (χ4n) is 3.36. The van der Waals surface area contributed by atoms with Gasteiger partial charge in [0.25, 0.3) is 11.5 Å². The maximum atomic E-state index is 12.9. The molecule has 0 unspecified atom stereocenters. The second-order valence-electron chi connectivity index (χ2n) is 7.03. The molecule has 0 radical (unpaired) electrons. The van der Waals surface area contributed by atoms with Gasteiger partial charge < -0.3 is 11.1 Å². The number of anilines is 2. The van der Waals surface area contributed by atoms with Gasteiger partial charge in [-0.2, -0.15) is 0 Å². The molecule has 0 spiro atoms. The van der Waals surface area contributed by atoms with E-state index in [0.717, 1.165) is 11.3 Å². The maximum Gasteiger partial charge on any atom is 0.273 e. The molecule has 3 aromatic heterocycles. The Hall–Kier alpha value is -3.88. The lowest BCUT2D eigenvalue weighted by atomic mass is 10.1. The molecule has 5 aromatic rings. The predicted molar refractivity (Wildman–Crippen MR) is 129 cm³/mol. The normalized spacial score (nSPS) is 11.0. The number of para-hydroxylation sites is 1. The summed E-state index contributed by atoms with van der Waals surface area (Å²) in [4.78, 5) is 30.8. The number of halogens is 1. The van der Waals surface area contributed by atoms with Crippen LogP contribution < -0.4 is 16.6 Å². The zero-order chi connectivity index (χ0) is 22.2. The molecule has 4 N–H and O–H groups in total. The Morgan fingerprint density at radius 3 is 2.56 bits per heavy atom. The van der Waals surface area contributed by atoms with Crippen LogP contribution >= 0.6 is 22.9 Å². The van der Waals surface area contributed by atoms with E-state index in [1.165, 1.54) is 22.1 Å². The van der Waals surface area contributed by atoms with Crippen molar-refractivity contribution in [3.05, 3.63) is 93.0 Å². The molecule has 9 heteroatoms. The summed E-state index contributed by atoms with van der Waals surface area (Å²) in [5.74, 6) is -0.143. The first-order chi connectivity index (χ1) is 15.5. The monoisotopic (exact) mass is 461 g/mol. The number of thiophene rings is 1. The van der Waals surface area contributed by atoms with Gasteiger partial charge in [0.1, 0.15) is 15.5 Å². The van der Waals surface area contributed by atoms with Gasteiger partial charge in [-0.05, 0) is 36.4 Å². The highest BCUT2D eigenvalue weighted by Crippen LogP contribution is 2.34. The molecule has 5 rings (SSSR count). The number of nitrogens with two attached hydrogens (primary N) is 1. The first-order valence-corrected chi connectivity index (χ1v) is 10.8. The molecule has 0 saturated heterocycles. The molecule has 0 aliphatic rings. The van der Waals surface area contributed by atoms with E-state index in [2.05, 4.69) is 15.4 Å². The summed E-state index contributed by atoms with van der Waals surface area (Å²) in [5.41, 5.74) is 8.64. The number of amides is 1. The number of aromatic amines is 1. The summed E-state index contributed by atoms with van der Waals surface area (Å²) in [5, 5.41) is 6.96. The van der Waals surface area contributed by atoms with Crippen molar-refractivity contribution >= 4 is 50.6 Å². The molecule has 0 fully saturated rings. The van der Waals surface area contributed by atoms with Crippen molar-refractivity contribution in [3.8, 4) is 16.9 Å². The number of nitrogens with zero attached hydrogens (tertiary/aromatic N) is 2. The zero-order valence-electron chi connectivity index (χ0n) is 16.5. The molecule has 0 aliphatic heterocycles. The smallest absolute Gasteiger partial charge is 0.273 e. The topological polar surface area (TPSA) is 106 Å². The number of benzene rings is 2. The van der Waals surface area contributed by atoms with Crippen molar-refractivity contribution in [1.29, 1.82) is 0 Å². The fourth-order valence-corrected chi connectivity index (χ4v) is 4.47. The van der Waals surface area contributed by atoms with Crippen LogP contribution in [0, 0.1) is 0 Å². The SMILES string of the molecule is Nc1c(C(=O)Nc2cc(=O)n(-c3ccccc3)[nH]2)sc2nc(-c3ccc(Cl)cc3)ccc12. The second-order valence-corrected chi connectivity index (χ2v) is 8.47. The Morgan fingerprint density at radius 1 is 1.06 bits per heavy atom. The highest BCUT2D eigenvalue weighted by molar-refractivity contribution is 7.21. The first kappa shape index (κ1) is 20.0. The van der Waals surface area contributed by atoms with Crippen molar-refractivity contribution < 1.29 is 4.79 Å². The fraction of sp³-hybridized carbons (Fsp3) is 0. The Labute approximate surface area is 191 Å². The maximum absolute atomic E-state index is 12.9. The average molecular weight is 462 g/mol. The van der Waals surface area contributed by atoms with E-state index in [9.17, 15) is 9.59 Å². The van der Waals surface area contributed by atoms with Gasteiger partial charge >= 0.3 is 0 Å². The Morgan fingerprint density at radius 2 is 1.81 bits per heavy atom. The van der Waals surface area contributed by atoms with Gasteiger partial charge in [-0.1, -0.05) is 41.9 Å². The van der Waals surface area contributed by atoms with Crippen LogP contribution in [0.3, 0.4) is 0 Å². The molecule has 0 atom stereocenters. The van der Waals surface area contributed by atoms with Gasteiger partial charge in [-0.25, -0.2) is 9.67 Å². The van der Waals surface area contributed by atoms with Crippen molar-refractivity contribution in [2.75, 3.05) is 11.1 Å². The number of H-pyrrole nitrogens is 1. The largest absolute Gasteiger partial charge is 0.397 e. The summed E-state index contributed by atoms with van der Waals surface area (Å²) in [7, 11) is 0. The van der Waals surface area contributed by atoms with Crippen molar-refractivity contribution in [2.24, 2.45) is 0 Å². The second kappa shape index (κ2) is 7.99. The lowest BCUT2D eigenvalue weighted by molar-refractivity contribution is 0.103. The molecule has 1 amide bonds. The summed E-state index contributed by atoms with van der Waals surface area (Å²) in [6.45, 7) is 0. The van der Waals surface area contributed by atoms with Crippen LogP contribution in [0.25, 0.3) is 27.2 Å². The molecule has 0 aliphatic carbocycles. The van der Waals surface area contributed by atoms with E-state index >= 15 is 0 Å². The minimum atomic E-state index is -0.417. The minimum absolute atomic E-state index is 0.274. The molecular formula is C23H16ClN5O2S. The van der Waals surface area contributed by atoms with Crippen molar-refractivity contribution in [1.82, 2.24) is 14.8 Å². The van der Waals surface area contributed by atoms with E-state index in [1.807, 2.05) is 42.5 Å². The van der Waals surface area contributed by atoms with Crippen LogP contribution in [0.5, 0.6) is 0 Å². The molecular weight excluding hydrogens is 446 g/mol. The predicted octanol–water partition coefficient (Wildman–Crippen LogP) is 4.93. The molecule has 3 heterocycles. The van der Waals surface area contributed by atoms with Crippen LogP contribution in [0.2, 0.25) is 5.02 Å². The third-order valence-electron chi connectivity index (χ3n) is 4.92. The third kappa shape index (κ3) is 3.66. The molecule has 32 heavy (non-hydrogen) atoms. The van der Waals surface area contributed by atoms with Gasteiger partial charge in [-0.15, -0.1) is 11.3 Å². The average Bonchev–Trinajstić information content (AvgIpc) is 3.34. The molecule has 7 nitrogen and oxygen atoms in total. The van der Waals surface area contributed by atoms with Gasteiger partial charge in [0, 0.05) is 22.0 Å². The summed E-state index contributed by atoms with van der Waals surface area (Å²) >= 11 is 7.16. The number of carbonyl (C=O) groups is 1. The highest BCUT2D eigenvalue weighted by atomic mass is 35.5. The van der Waals surface area contributed by atoms with Crippen molar-refractivity contribution in [3.63, 3.8) is 0 Å². The van der Waals surface area contributed by atoms with Crippen LogP contribution in [0.15, 0.2) is 77.6 Å². The van der Waals surface area contributed by atoms with E-state index in [4.69, 9.17) is 17.3 Å². The summed E-state index contributed by atoms with van der Waals surface area (Å²) < 4.78 is 1.35.